The summed E-state index contributed by atoms with van der Waals surface area (Å²) in [5, 5.41) is 28.3. The van der Waals surface area contributed by atoms with E-state index in [2.05, 4.69) is 86.4 Å². The van der Waals surface area contributed by atoms with Gasteiger partial charge in [0.15, 0.2) is 0 Å². The number of aryl methyl sites for hydroxylation is 2. The Balaban J connectivity index is 1.41. The molecule has 0 radical (unpaired) electrons. The first kappa shape index (κ1) is 28.7. The van der Waals surface area contributed by atoms with Crippen LogP contribution < -0.4 is 16.0 Å². The Kier molecular flexibility index (Phi) is 7.57. The standard InChI is InChI=1S/C34H40N8O/c1-20(38-18-21(2)42-28(17-35)14-27-15-31(27)42)16-34(33-39-19-40-41-33)29-10-8-23(22(3)36-4)12-24(29)6-7-25-13-26(32(43)37-5)9-11-30(25)34/h8-13,19-20,27-28,31,36,38H,2-3,6-7,14-16,18H2,1,4-5H3,(H,37,43)(H,39,40,41)/t20-,27+,28?,31?,34?/m0/s1. The van der Waals surface area contributed by atoms with E-state index >= 15 is 0 Å². The van der Waals surface area contributed by atoms with Gasteiger partial charge in [0.2, 0.25) is 0 Å². The zero-order valence-corrected chi connectivity index (χ0v) is 25.2. The molecule has 6 rings (SSSR count). The summed E-state index contributed by atoms with van der Waals surface area (Å²) in [7, 11) is 3.54. The normalized spacial score (nSPS) is 24.0. The number of carbonyl (C=O) groups is 1. The number of likely N-dealkylation sites (tertiary alicyclic amines) is 1. The molecule has 9 heteroatoms. The first-order valence-corrected chi connectivity index (χ1v) is 15.1. The van der Waals surface area contributed by atoms with Gasteiger partial charge in [-0.2, -0.15) is 5.26 Å². The van der Waals surface area contributed by atoms with E-state index in [9.17, 15) is 10.1 Å². The highest BCUT2D eigenvalue weighted by atomic mass is 16.1. The lowest BCUT2D eigenvalue weighted by Crippen LogP contribution is -2.42. The SMILES string of the molecule is C=C(NC)c1ccc2c(c1)CCc1cc(C(=O)NC)ccc1C2(C[C@H](C)NCC(=C)N1C(C#N)C[C@@H]2CC21)c1nnc[nH]1. The van der Waals surface area contributed by atoms with Crippen LogP contribution >= 0.6 is 0 Å². The minimum atomic E-state index is -0.656. The summed E-state index contributed by atoms with van der Waals surface area (Å²) in [6.07, 6.45) is 6.02. The fourth-order valence-electron chi connectivity index (χ4n) is 7.39. The third-order valence-electron chi connectivity index (χ3n) is 9.64. The summed E-state index contributed by atoms with van der Waals surface area (Å²) in [6, 6.07) is 15.5. The van der Waals surface area contributed by atoms with Gasteiger partial charge in [-0.05, 0) is 91.0 Å². The number of H-pyrrole nitrogens is 1. The van der Waals surface area contributed by atoms with Crippen LogP contribution in [0.2, 0.25) is 0 Å². The minimum Gasteiger partial charge on any atom is -0.388 e. The molecule has 2 heterocycles. The number of fused-ring (bicyclic) bond motifs is 3. The number of hydrogen-bond donors (Lipinski definition) is 4. The summed E-state index contributed by atoms with van der Waals surface area (Å²) >= 11 is 0. The Morgan fingerprint density at radius 3 is 2.44 bits per heavy atom. The Morgan fingerprint density at radius 1 is 1.12 bits per heavy atom. The Bertz CT molecular complexity index is 1540. The molecule has 1 aromatic heterocycles. The molecular weight excluding hydrogens is 536 g/mol. The zero-order valence-electron chi connectivity index (χ0n) is 25.2. The van der Waals surface area contributed by atoms with Gasteiger partial charge in [0.25, 0.3) is 5.91 Å². The van der Waals surface area contributed by atoms with Crippen LogP contribution in [-0.2, 0) is 18.3 Å². The van der Waals surface area contributed by atoms with E-state index in [1.165, 1.54) is 11.1 Å². The summed E-state index contributed by atoms with van der Waals surface area (Å²) in [4.78, 5) is 18.3. The van der Waals surface area contributed by atoms with Crippen molar-refractivity contribution in [1.29, 1.82) is 5.26 Å². The maximum absolute atomic E-state index is 12.7. The highest BCUT2D eigenvalue weighted by Crippen LogP contribution is 2.49. The second kappa shape index (κ2) is 11.3. The first-order valence-electron chi connectivity index (χ1n) is 15.1. The fraction of sp³-hybridized carbons (Fsp3) is 0.412. The van der Waals surface area contributed by atoms with Crippen LogP contribution in [0.15, 0.2) is 61.6 Å². The van der Waals surface area contributed by atoms with Crippen molar-refractivity contribution in [2.24, 2.45) is 5.92 Å². The summed E-state index contributed by atoms with van der Waals surface area (Å²) < 4.78 is 0. The van der Waals surface area contributed by atoms with Crippen LogP contribution in [0, 0.1) is 17.2 Å². The summed E-state index contributed by atoms with van der Waals surface area (Å²) in [5.74, 6) is 1.30. The zero-order chi connectivity index (χ0) is 30.3. The van der Waals surface area contributed by atoms with Gasteiger partial charge >= 0.3 is 0 Å². The van der Waals surface area contributed by atoms with E-state index < -0.39 is 5.41 Å². The quantitative estimate of drug-likeness (QED) is 0.291. The lowest BCUT2D eigenvalue weighted by Gasteiger charge is -2.37. The van der Waals surface area contributed by atoms with Crippen LogP contribution in [-0.4, -0.2) is 64.8 Å². The monoisotopic (exact) mass is 576 g/mol. The second-order valence-corrected chi connectivity index (χ2v) is 12.2. The van der Waals surface area contributed by atoms with Crippen LogP contribution in [0.5, 0.6) is 0 Å². The van der Waals surface area contributed by atoms with E-state index in [1.54, 1.807) is 13.4 Å². The third-order valence-corrected chi connectivity index (χ3v) is 9.64. The Hall–Kier alpha value is -4.42. The molecule has 2 aromatic carbocycles. The molecule has 1 amide bonds. The third kappa shape index (κ3) is 5.00. The molecule has 0 bridgehead atoms. The Morgan fingerprint density at radius 2 is 1.81 bits per heavy atom. The molecule has 3 unspecified atom stereocenters. The maximum Gasteiger partial charge on any atom is 0.251 e. The van der Waals surface area contributed by atoms with Crippen molar-refractivity contribution in [3.63, 3.8) is 0 Å². The molecule has 1 saturated heterocycles. The molecule has 2 fully saturated rings. The summed E-state index contributed by atoms with van der Waals surface area (Å²) in [6.45, 7) is 11.4. The number of hydrogen-bond acceptors (Lipinski definition) is 7. The molecule has 9 nitrogen and oxygen atoms in total. The number of nitrogens with one attached hydrogen (secondary N) is 4. The second-order valence-electron chi connectivity index (χ2n) is 12.2. The van der Waals surface area contributed by atoms with Gasteiger partial charge in [-0.3, -0.25) is 4.79 Å². The van der Waals surface area contributed by atoms with Gasteiger partial charge in [-0.25, -0.2) is 0 Å². The molecule has 1 saturated carbocycles. The van der Waals surface area contributed by atoms with Gasteiger partial charge in [0.05, 0.1) is 11.5 Å². The van der Waals surface area contributed by atoms with Gasteiger partial charge in [-0.15, -0.1) is 10.2 Å². The smallest absolute Gasteiger partial charge is 0.251 e. The largest absolute Gasteiger partial charge is 0.388 e. The molecule has 5 atom stereocenters. The molecule has 0 spiro atoms. The summed E-state index contributed by atoms with van der Waals surface area (Å²) in [5.41, 5.74) is 7.49. The van der Waals surface area contributed by atoms with Crippen LogP contribution in [0.4, 0.5) is 0 Å². The van der Waals surface area contributed by atoms with Crippen molar-refractivity contribution >= 4 is 11.6 Å². The first-order chi connectivity index (χ1) is 20.8. The van der Waals surface area contributed by atoms with Crippen molar-refractivity contribution in [1.82, 2.24) is 36.0 Å². The van der Waals surface area contributed by atoms with E-state index in [1.807, 2.05) is 19.2 Å². The van der Waals surface area contributed by atoms with Crippen molar-refractivity contribution in [3.05, 3.63) is 101 Å². The fourth-order valence-corrected chi connectivity index (χ4v) is 7.39. The van der Waals surface area contributed by atoms with Gasteiger partial charge in [0, 0.05) is 49.7 Å². The van der Waals surface area contributed by atoms with Crippen LogP contribution in [0.3, 0.4) is 0 Å². The predicted octanol–water partition coefficient (Wildman–Crippen LogP) is 3.66. The lowest BCUT2D eigenvalue weighted by atomic mass is 9.67. The number of carbonyl (C=O) groups excluding carboxylic acids is 1. The van der Waals surface area contributed by atoms with E-state index in [-0.39, 0.29) is 18.0 Å². The highest BCUT2D eigenvalue weighted by molar-refractivity contribution is 5.94. The lowest BCUT2D eigenvalue weighted by molar-refractivity contribution is 0.0963. The molecule has 222 valence electrons. The van der Waals surface area contributed by atoms with Gasteiger partial charge in [0.1, 0.15) is 18.2 Å². The van der Waals surface area contributed by atoms with Crippen molar-refractivity contribution < 1.29 is 4.79 Å². The topological polar surface area (TPSA) is 122 Å². The van der Waals surface area contributed by atoms with Crippen molar-refractivity contribution in [2.45, 2.75) is 62.6 Å². The number of nitrogens with zero attached hydrogens (tertiary/aromatic N) is 4. The molecule has 3 aliphatic rings. The van der Waals surface area contributed by atoms with Crippen molar-refractivity contribution in [3.8, 4) is 6.07 Å². The predicted molar refractivity (Wildman–Crippen MR) is 167 cm³/mol. The van der Waals surface area contributed by atoms with E-state index in [0.717, 1.165) is 59.6 Å². The highest BCUT2D eigenvalue weighted by Gasteiger charge is 2.52. The molecule has 3 aromatic rings. The molecule has 43 heavy (non-hydrogen) atoms. The number of benzene rings is 2. The Labute approximate surface area is 253 Å². The number of amides is 1. The van der Waals surface area contributed by atoms with E-state index in [4.69, 9.17) is 0 Å². The molecule has 1 aliphatic heterocycles. The molecule has 2 aliphatic carbocycles. The van der Waals surface area contributed by atoms with Crippen LogP contribution in [0.25, 0.3) is 5.70 Å². The number of aromatic nitrogens is 3. The number of aromatic amines is 1. The molecular formula is C34H40N8O. The maximum atomic E-state index is 12.7. The minimum absolute atomic E-state index is 0.0457. The van der Waals surface area contributed by atoms with Gasteiger partial charge < -0.3 is 25.8 Å². The van der Waals surface area contributed by atoms with Gasteiger partial charge in [-0.1, -0.05) is 31.4 Å². The number of piperidine rings is 1. The average Bonchev–Trinajstić information content (AvgIpc) is 3.41. The van der Waals surface area contributed by atoms with Crippen LogP contribution in [0.1, 0.15) is 70.2 Å². The number of rotatable bonds is 10. The van der Waals surface area contributed by atoms with Crippen molar-refractivity contribution in [2.75, 3.05) is 20.6 Å². The number of nitriles is 1. The van der Waals surface area contributed by atoms with E-state index in [0.29, 0.717) is 30.5 Å². The average molecular weight is 577 g/mol. The molecule has 4 N–H and O–H groups in total.